The maximum Gasteiger partial charge on any atom is 0.148 e. The van der Waals surface area contributed by atoms with E-state index < -0.39 is 0 Å². The molecule has 0 fully saturated rings. The highest BCUT2D eigenvalue weighted by molar-refractivity contribution is 14.1. The summed E-state index contributed by atoms with van der Waals surface area (Å²) in [6, 6.07) is 2.12. The minimum atomic E-state index is 0.635. The molecule has 6 heteroatoms. The fourth-order valence-corrected chi connectivity index (χ4v) is 3.26. The highest BCUT2D eigenvalue weighted by Crippen LogP contribution is 2.28. The first kappa shape index (κ1) is 10.5. The van der Waals surface area contributed by atoms with Gasteiger partial charge in [-0.1, -0.05) is 11.3 Å². The molecule has 2 rings (SSSR count). The van der Waals surface area contributed by atoms with E-state index in [4.69, 9.17) is 5.73 Å². The van der Waals surface area contributed by atoms with Crippen LogP contribution >= 0.6 is 45.3 Å². The quantitative estimate of drug-likeness (QED) is 0.875. The summed E-state index contributed by atoms with van der Waals surface area (Å²) in [6.07, 6.45) is 0.818. The van der Waals surface area contributed by atoms with Gasteiger partial charge in [-0.05, 0) is 35.2 Å². The topological polar surface area (TPSA) is 51.8 Å². The van der Waals surface area contributed by atoms with Gasteiger partial charge in [-0.15, -0.1) is 21.5 Å². The van der Waals surface area contributed by atoms with Crippen molar-refractivity contribution >= 4 is 45.3 Å². The second-order valence-corrected chi connectivity index (χ2v) is 6.55. The fraction of sp³-hybridized carbons (Fsp3) is 0.250. The molecule has 0 amide bonds. The maximum atomic E-state index is 5.45. The van der Waals surface area contributed by atoms with E-state index in [-0.39, 0.29) is 0 Å². The van der Waals surface area contributed by atoms with Crippen molar-refractivity contribution in [3.05, 3.63) is 19.3 Å². The Hall–Kier alpha value is -0.0500. The highest BCUT2D eigenvalue weighted by atomic mass is 127. The summed E-state index contributed by atoms with van der Waals surface area (Å²) in [5.74, 6) is 0. The molecule has 2 heterocycles. The first-order chi connectivity index (χ1) is 6.79. The molecule has 0 unspecified atom stereocenters. The van der Waals surface area contributed by atoms with Gasteiger partial charge < -0.3 is 5.73 Å². The van der Waals surface area contributed by atoms with Gasteiger partial charge in [0.2, 0.25) is 0 Å². The van der Waals surface area contributed by atoms with Crippen molar-refractivity contribution in [2.75, 3.05) is 6.54 Å². The summed E-state index contributed by atoms with van der Waals surface area (Å²) in [4.78, 5) is 0. The number of hydrogen-bond acceptors (Lipinski definition) is 5. The Kier molecular flexibility index (Phi) is 3.47. The van der Waals surface area contributed by atoms with Crippen LogP contribution < -0.4 is 5.73 Å². The molecule has 0 aliphatic heterocycles. The van der Waals surface area contributed by atoms with E-state index in [1.54, 1.807) is 22.7 Å². The van der Waals surface area contributed by atoms with Gasteiger partial charge in [0, 0.05) is 17.4 Å². The Morgan fingerprint density at radius 2 is 2.29 bits per heavy atom. The van der Waals surface area contributed by atoms with Crippen LogP contribution in [0.15, 0.2) is 11.4 Å². The van der Waals surface area contributed by atoms with E-state index in [2.05, 4.69) is 44.2 Å². The third-order valence-electron chi connectivity index (χ3n) is 1.64. The van der Waals surface area contributed by atoms with Crippen molar-refractivity contribution in [3.63, 3.8) is 0 Å². The molecule has 2 aromatic rings. The molecule has 0 spiro atoms. The van der Waals surface area contributed by atoms with Gasteiger partial charge in [-0.2, -0.15) is 0 Å². The lowest BCUT2D eigenvalue weighted by Crippen LogP contribution is -2.01. The summed E-state index contributed by atoms with van der Waals surface area (Å²) < 4.78 is 1.27. The average Bonchev–Trinajstić information content (AvgIpc) is 2.74. The lowest BCUT2D eigenvalue weighted by atomic mass is 10.4. The van der Waals surface area contributed by atoms with Gasteiger partial charge in [0.05, 0.1) is 2.88 Å². The predicted molar refractivity (Wildman–Crippen MR) is 68.7 cm³/mol. The van der Waals surface area contributed by atoms with Crippen LogP contribution in [0.2, 0.25) is 0 Å². The Balaban J connectivity index is 2.24. The second-order valence-electron chi connectivity index (χ2n) is 2.68. The molecular weight excluding hydrogens is 329 g/mol. The SMILES string of the molecule is NCCc1nnc(-c2csc(I)c2)s1. The standard InChI is InChI=1S/C8H8IN3S2/c9-6-3-5(4-13-6)8-12-11-7(14-8)1-2-10/h3-4H,1-2,10H2. The number of thiophene rings is 1. The Morgan fingerprint density at radius 1 is 1.43 bits per heavy atom. The van der Waals surface area contributed by atoms with E-state index >= 15 is 0 Å². The minimum absolute atomic E-state index is 0.635. The molecular formula is C8H8IN3S2. The van der Waals surface area contributed by atoms with Crippen LogP contribution in [0.4, 0.5) is 0 Å². The van der Waals surface area contributed by atoms with Crippen molar-refractivity contribution in [1.82, 2.24) is 10.2 Å². The molecule has 0 radical (unpaired) electrons. The molecule has 3 nitrogen and oxygen atoms in total. The molecule has 0 atom stereocenters. The Labute approximate surface area is 104 Å². The van der Waals surface area contributed by atoms with Gasteiger partial charge in [0.1, 0.15) is 10.0 Å². The first-order valence-electron chi connectivity index (χ1n) is 4.06. The van der Waals surface area contributed by atoms with Gasteiger partial charge in [-0.25, -0.2) is 0 Å². The van der Waals surface area contributed by atoms with Gasteiger partial charge >= 0.3 is 0 Å². The number of nitrogens with two attached hydrogens (primary N) is 1. The lowest BCUT2D eigenvalue weighted by molar-refractivity contribution is 0.913. The molecule has 2 aromatic heterocycles. The van der Waals surface area contributed by atoms with Crippen LogP contribution in [0.5, 0.6) is 0 Å². The zero-order valence-corrected chi connectivity index (χ0v) is 11.0. The Bertz CT molecular complexity index is 424. The van der Waals surface area contributed by atoms with Crippen LogP contribution in [0.1, 0.15) is 5.01 Å². The Morgan fingerprint density at radius 3 is 2.93 bits per heavy atom. The molecule has 0 saturated heterocycles. The number of aromatic nitrogens is 2. The van der Waals surface area contributed by atoms with Crippen LogP contribution in [-0.2, 0) is 6.42 Å². The van der Waals surface area contributed by atoms with Gasteiger partial charge in [-0.3, -0.25) is 0 Å². The number of rotatable bonds is 3. The largest absolute Gasteiger partial charge is 0.330 e. The number of halogens is 1. The lowest BCUT2D eigenvalue weighted by Gasteiger charge is -1.86. The molecule has 74 valence electrons. The monoisotopic (exact) mass is 337 g/mol. The van der Waals surface area contributed by atoms with Crippen LogP contribution in [0, 0.1) is 2.88 Å². The van der Waals surface area contributed by atoms with Gasteiger partial charge in [0.15, 0.2) is 0 Å². The first-order valence-corrected chi connectivity index (χ1v) is 6.84. The maximum absolute atomic E-state index is 5.45. The number of hydrogen-bond donors (Lipinski definition) is 1. The molecule has 2 N–H and O–H groups in total. The minimum Gasteiger partial charge on any atom is -0.330 e. The zero-order chi connectivity index (χ0) is 9.97. The normalized spacial score (nSPS) is 10.7. The predicted octanol–water partition coefficient (Wildman–Crippen LogP) is 2.37. The number of nitrogens with zero attached hydrogens (tertiary/aromatic N) is 2. The van der Waals surface area contributed by atoms with Crippen molar-refractivity contribution in [1.29, 1.82) is 0 Å². The molecule has 0 saturated carbocycles. The summed E-state index contributed by atoms with van der Waals surface area (Å²) in [5.41, 5.74) is 6.62. The summed E-state index contributed by atoms with van der Waals surface area (Å²) in [6.45, 7) is 0.635. The van der Waals surface area contributed by atoms with Crippen molar-refractivity contribution < 1.29 is 0 Å². The molecule has 0 aliphatic carbocycles. The van der Waals surface area contributed by atoms with Crippen molar-refractivity contribution in [3.8, 4) is 10.6 Å². The van der Waals surface area contributed by atoms with Crippen LogP contribution in [-0.4, -0.2) is 16.7 Å². The fourth-order valence-electron chi connectivity index (χ4n) is 1.02. The van der Waals surface area contributed by atoms with E-state index in [0.29, 0.717) is 6.54 Å². The van der Waals surface area contributed by atoms with E-state index in [1.165, 1.54) is 8.45 Å². The molecule has 14 heavy (non-hydrogen) atoms. The highest BCUT2D eigenvalue weighted by Gasteiger charge is 2.07. The van der Waals surface area contributed by atoms with Crippen molar-refractivity contribution in [2.24, 2.45) is 5.73 Å². The molecule has 0 aliphatic rings. The van der Waals surface area contributed by atoms with E-state index in [1.807, 2.05) is 0 Å². The summed E-state index contributed by atoms with van der Waals surface area (Å²) >= 11 is 5.65. The van der Waals surface area contributed by atoms with E-state index in [0.717, 1.165) is 16.4 Å². The van der Waals surface area contributed by atoms with Crippen molar-refractivity contribution in [2.45, 2.75) is 6.42 Å². The third-order valence-corrected chi connectivity index (χ3v) is 4.46. The van der Waals surface area contributed by atoms with Crippen LogP contribution in [0.25, 0.3) is 10.6 Å². The summed E-state index contributed by atoms with van der Waals surface area (Å²) in [7, 11) is 0. The smallest absolute Gasteiger partial charge is 0.148 e. The average molecular weight is 337 g/mol. The second kappa shape index (κ2) is 4.65. The van der Waals surface area contributed by atoms with E-state index in [9.17, 15) is 0 Å². The molecule has 0 aromatic carbocycles. The van der Waals surface area contributed by atoms with Crippen LogP contribution in [0.3, 0.4) is 0 Å². The summed E-state index contributed by atoms with van der Waals surface area (Å²) in [5, 5.41) is 12.3. The third kappa shape index (κ3) is 2.30. The molecule has 0 bridgehead atoms. The van der Waals surface area contributed by atoms with Gasteiger partial charge in [0.25, 0.3) is 0 Å². The zero-order valence-electron chi connectivity index (χ0n) is 7.24.